The minimum Gasteiger partial charge on any atom is -0.480 e. The summed E-state index contributed by atoms with van der Waals surface area (Å²) in [5.74, 6) is 1.31. The number of ether oxygens (including phenoxy) is 1. The number of hydrogen-bond acceptors (Lipinski definition) is 5. The van der Waals surface area contributed by atoms with E-state index in [1.165, 1.54) is 0 Å². The molecule has 1 aromatic heterocycles. The number of methoxy groups -OCH3 is 1. The molecule has 0 spiro atoms. The van der Waals surface area contributed by atoms with Crippen LogP contribution in [0.15, 0.2) is 12.4 Å². The van der Waals surface area contributed by atoms with Crippen LogP contribution in [0.1, 0.15) is 0 Å². The number of rotatable bonds is 3. The molecule has 1 aliphatic rings. The van der Waals surface area contributed by atoms with E-state index in [4.69, 9.17) is 4.74 Å². The van der Waals surface area contributed by atoms with Crippen molar-refractivity contribution in [3.05, 3.63) is 12.4 Å². The summed E-state index contributed by atoms with van der Waals surface area (Å²) in [5.41, 5.74) is 0. The normalized spacial score (nSPS) is 16.4. The molecule has 0 saturated carbocycles. The summed E-state index contributed by atoms with van der Waals surface area (Å²) >= 11 is 0. The molecule has 2 N–H and O–H groups in total. The molecular formula is C8H12N4O. The Balaban J connectivity index is 2.01. The van der Waals surface area contributed by atoms with Crippen LogP contribution in [0.3, 0.4) is 0 Å². The largest absolute Gasteiger partial charge is 0.480 e. The second-order valence-corrected chi connectivity index (χ2v) is 2.95. The predicted octanol–water partition coefficient (Wildman–Crippen LogP) is -0.131. The number of aromatic nitrogens is 2. The van der Waals surface area contributed by atoms with E-state index in [2.05, 4.69) is 20.6 Å². The summed E-state index contributed by atoms with van der Waals surface area (Å²) < 4.78 is 4.96. The highest BCUT2D eigenvalue weighted by molar-refractivity contribution is 5.35. The summed E-state index contributed by atoms with van der Waals surface area (Å²) in [4.78, 5) is 8.19. The lowest BCUT2D eigenvalue weighted by molar-refractivity contribution is 0.395. The average molecular weight is 180 g/mol. The number of hydrogen-bond donors (Lipinski definition) is 2. The molecule has 70 valence electrons. The van der Waals surface area contributed by atoms with Crippen LogP contribution in [0.5, 0.6) is 5.88 Å². The zero-order chi connectivity index (χ0) is 9.10. The van der Waals surface area contributed by atoms with Gasteiger partial charge in [0.25, 0.3) is 0 Å². The van der Waals surface area contributed by atoms with Gasteiger partial charge in [-0.2, -0.15) is 4.98 Å². The SMILES string of the molecule is COc1cncc(NC2CNC2)n1. The van der Waals surface area contributed by atoms with Crippen LogP contribution >= 0.6 is 0 Å². The first-order chi connectivity index (χ1) is 6.38. The summed E-state index contributed by atoms with van der Waals surface area (Å²) in [6.07, 6.45) is 3.28. The van der Waals surface area contributed by atoms with Gasteiger partial charge >= 0.3 is 0 Å². The predicted molar refractivity (Wildman–Crippen MR) is 48.9 cm³/mol. The van der Waals surface area contributed by atoms with E-state index in [1.807, 2.05) is 0 Å². The smallest absolute Gasteiger partial charge is 0.233 e. The van der Waals surface area contributed by atoms with Gasteiger partial charge in [0.1, 0.15) is 5.82 Å². The average Bonchev–Trinajstić information content (AvgIpc) is 2.12. The molecule has 13 heavy (non-hydrogen) atoms. The molecule has 1 aromatic rings. The number of nitrogens with zero attached hydrogens (tertiary/aromatic N) is 2. The fraction of sp³-hybridized carbons (Fsp3) is 0.500. The second-order valence-electron chi connectivity index (χ2n) is 2.95. The van der Waals surface area contributed by atoms with Gasteiger partial charge in [-0.3, -0.25) is 4.98 Å². The van der Waals surface area contributed by atoms with E-state index < -0.39 is 0 Å². The molecule has 2 rings (SSSR count). The Labute approximate surface area is 76.5 Å². The van der Waals surface area contributed by atoms with Crippen molar-refractivity contribution in [3.8, 4) is 5.88 Å². The van der Waals surface area contributed by atoms with Gasteiger partial charge in [-0.15, -0.1) is 0 Å². The first-order valence-corrected chi connectivity index (χ1v) is 4.22. The van der Waals surface area contributed by atoms with Crippen LogP contribution in [0.4, 0.5) is 5.82 Å². The van der Waals surface area contributed by atoms with Crippen molar-refractivity contribution in [1.29, 1.82) is 0 Å². The van der Waals surface area contributed by atoms with Crippen LogP contribution in [0.2, 0.25) is 0 Å². The number of anilines is 1. The third-order valence-electron chi connectivity index (χ3n) is 1.96. The van der Waals surface area contributed by atoms with Crippen LogP contribution in [0.25, 0.3) is 0 Å². The Morgan fingerprint density at radius 3 is 3.00 bits per heavy atom. The third kappa shape index (κ3) is 1.86. The topological polar surface area (TPSA) is 59.1 Å². The molecule has 1 fully saturated rings. The number of nitrogens with one attached hydrogen (secondary N) is 2. The summed E-state index contributed by atoms with van der Waals surface area (Å²) in [6, 6.07) is 0.474. The fourth-order valence-corrected chi connectivity index (χ4v) is 1.12. The molecular weight excluding hydrogens is 168 g/mol. The maximum absolute atomic E-state index is 4.96. The van der Waals surface area contributed by atoms with Crippen molar-refractivity contribution in [2.75, 3.05) is 25.5 Å². The Kier molecular flexibility index (Phi) is 2.27. The van der Waals surface area contributed by atoms with Crippen molar-refractivity contribution in [2.24, 2.45) is 0 Å². The van der Waals surface area contributed by atoms with Crippen LogP contribution < -0.4 is 15.4 Å². The van der Waals surface area contributed by atoms with E-state index in [-0.39, 0.29) is 0 Å². The molecule has 2 heterocycles. The Bertz CT molecular complexity index is 287. The molecule has 0 bridgehead atoms. The van der Waals surface area contributed by atoms with Gasteiger partial charge < -0.3 is 15.4 Å². The summed E-state index contributed by atoms with van der Waals surface area (Å²) in [5, 5.41) is 6.41. The van der Waals surface area contributed by atoms with Gasteiger partial charge in [-0.05, 0) is 0 Å². The maximum atomic E-state index is 4.96. The Morgan fingerprint density at radius 1 is 1.54 bits per heavy atom. The highest BCUT2D eigenvalue weighted by Gasteiger charge is 2.16. The standard InChI is InChI=1S/C8H12N4O/c1-13-8-5-10-4-7(12-8)11-6-2-9-3-6/h4-6,9H,2-3H2,1H3,(H,11,12). The van der Waals surface area contributed by atoms with Crippen molar-refractivity contribution in [3.63, 3.8) is 0 Å². The molecule has 5 nitrogen and oxygen atoms in total. The van der Waals surface area contributed by atoms with Gasteiger partial charge in [0.15, 0.2) is 0 Å². The van der Waals surface area contributed by atoms with Gasteiger partial charge in [0.05, 0.1) is 25.5 Å². The van der Waals surface area contributed by atoms with Crippen LogP contribution in [0, 0.1) is 0 Å². The molecule has 0 aliphatic carbocycles. The monoisotopic (exact) mass is 180 g/mol. The highest BCUT2D eigenvalue weighted by atomic mass is 16.5. The van der Waals surface area contributed by atoms with E-state index >= 15 is 0 Å². The van der Waals surface area contributed by atoms with E-state index in [1.54, 1.807) is 19.5 Å². The molecule has 5 heteroatoms. The minimum absolute atomic E-state index is 0.474. The lowest BCUT2D eigenvalue weighted by atomic mass is 10.2. The lowest BCUT2D eigenvalue weighted by Crippen LogP contribution is -2.51. The van der Waals surface area contributed by atoms with Crippen LogP contribution in [-0.4, -0.2) is 36.2 Å². The van der Waals surface area contributed by atoms with Crippen molar-refractivity contribution >= 4 is 5.82 Å². The van der Waals surface area contributed by atoms with Crippen molar-refractivity contribution in [2.45, 2.75) is 6.04 Å². The van der Waals surface area contributed by atoms with Gasteiger partial charge in [0.2, 0.25) is 5.88 Å². The molecule has 0 radical (unpaired) electrons. The quantitative estimate of drug-likeness (QED) is 0.678. The fourth-order valence-electron chi connectivity index (χ4n) is 1.12. The molecule has 0 unspecified atom stereocenters. The summed E-state index contributed by atoms with van der Waals surface area (Å²) in [7, 11) is 1.58. The Hall–Kier alpha value is -1.36. The molecule has 0 aromatic carbocycles. The third-order valence-corrected chi connectivity index (χ3v) is 1.96. The highest BCUT2D eigenvalue weighted by Crippen LogP contribution is 2.10. The van der Waals surface area contributed by atoms with E-state index in [9.17, 15) is 0 Å². The Morgan fingerprint density at radius 2 is 2.38 bits per heavy atom. The molecule has 0 atom stereocenters. The minimum atomic E-state index is 0.474. The van der Waals surface area contributed by atoms with E-state index in [0.29, 0.717) is 11.9 Å². The lowest BCUT2D eigenvalue weighted by Gasteiger charge is -2.28. The van der Waals surface area contributed by atoms with Gasteiger partial charge in [-0.25, -0.2) is 0 Å². The van der Waals surface area contributed by atoms with Gasteiger partial charge in [-0.1, -0.05) is 0 Å². The van der Waals surface area contributed by atoms with Crippen molar-refractivity contribution < 1.29 is 4.74 Å². The van der Waals surface area contributed by atoms with Gasteiger partial charge in [0, 0.05) is 13.1 Å². The van der Waals surface area contributed by atoms with E-state index in [0.717, 1.165) is 18.9 Å². The molecule has 0 amide bonds. The second kappa shape index (κ2) is 3.57. The maximum Gasteiger partial charge on any atom is 0.233 e. The van der Waals surface area contributed by atoms with Crippen molar-refractivity contribution in [1.82, 2.24) is 15.3 Å². The summed E-state index contributed by atoms with van der Waals surface area (Å²) in [6.45, 7) is 1.97. The van der Waals surface area contributed by atoms with Crippen LogP contribution in [-0.2, 0) is 0 Å². The zero-order valence-corrected chi connectivity index (χ0v) is 7.45. The first kappa shape index (κ1) is 8.25. The molecule has 1 aliphatic heterocycles. The molecule has 1 saturated heterocycles. The zero-order valence-electron chi connectivity index (χ0n) is 7.45. The first-order valence-electron chi connectivity index (χ1n) is 4.22.